The third-order valence-corrected chi connectivity index (χ3v) is 5.81. The van der Waals surface area contributed by atoms with Gasteiger partial charge in [0.25, 0.3) is 5.69 Å². The molecule has 8 nitrogen and oxygen atoms in total. The first-order chi connectivity index (χ1) is 13.2. The van der Waals surface area contributed by atoms with Gasteiger partial charge in [-0.2, -0.15) is 0 Å². The predicted molar refractivity (Wildman–Crippen MR) is 99.9 cm³/mol. The van der Waals surface area contributed by atoms with Crippen molar-refractivity contribution in [3.63, 3.8) is 0 Å². The van der Waals surface area contributed by atoms with Crippen LogP contribution in [-0.4, -0.2) is 25.3 Å². The van der Waals surface area contributed by atoms with E-state index in [1.807, 2.05) is 0 Å². The normalized spacial score (nSPS) is 13.9. The highest BCUT2D eigenvalue weighted by Crippen LogP contribution is 2.31. The molecule has 148 valence electrons. The molecule has 2 aromatic carbocycles. The van der Waals surface area contributed by atoms with Crippen molar-refractivity contribution < 1.29 is 22.5 Å². The molecule has 0 unspecified atom stereocenters. The van der Waals surface area contributed by atoms with Crippen molar-refractivity contribution >= 4 is 27.3 Å². The quantitative estimate of drug-likeness (QED) is 0.540. The Hall–Kier alpha value is -2.85. The van der Waals surface area contributed by atoms with Gasteiger partial charge in [0, 0.05) is 12.1 Å². The Kier molecular flexibility index (Phi) is 5.43. The number of carbonyl (C=O) groups is 1. The van der Waals surface area contributed by atoms with E-state index in [1.165, 1.54) is 37.3 Å². The number of carbonyl (C=O) groups excluding carboxylic acids is 1. The molecule has 0 aliphatic heterocycles. The number of nitro benzene ring substituents is 1. The number of nitrogens with one attached hydrogen (secondary N) is 2. The smallest absolute Gasteiger partial charge is 0.275 e. The molecule has 1 amide bonds. The highest BCUT2D eigenvalue weighted by molar-refractivity contribution is 7.89. The Morgan fingerprint density at radius 3 is 2.46 bits per heavy atom. The summed E-state index contributed by atoms with van der Waals surface area (Å²) in [5.41, 5.74) is 0.321. The standard InChI is InChI=1S/C18H18FN3O5S/c1-11-16(20-18(23)8-12-2-4-13(19)5-3-12)9-15(10-17(11)22(24)25)28(26,27)21-14-6-7-14/h2-5,9-10,14,21H,6-8H2,1H3,(H,20,23). The van der Waals surface area contributed by atoms with Gasteiger partial charge in [0.05, 0.1) is 27.5 Å². The topological polar surface area (TPSA) is 118 Å². The SMILES string of the molecule is Cc1c(NC(=O)Cc2ccc(F)cc2)cc(S(=O)(=O)NC2CC2)cc1[N+](=O)[O-]. The van der Waals surface area contributed by atoms with Crippen molar-refractivity contribution in [2.24, 2.45) is 0 Å². The van der Waals surface area contributed by atoms with Crippen LogP contribution < -0.4 is 10.0 Å². The first-order valence-electron chi connectivity index (χ1n) is 8.51. The van der Waals surface area contributed by atoms with Crippen LogP contribution in [0.25, 0.3) is 0 Å². The van der Waals surface area contributed by atoms with E-state index in [0.717, 1.165) is 6.07 Å². The van der Waals surface area contributed by atoms with E-state index in [1.54, 1.807) is 0 Å². The second-order valence-corrected chi connectivity index (χ2v) is 8.33. The number of sulfonamides is 1. The Morgan fingerprint density at radius 2 is 1.89 bits per heavy atom. The number of rotatable bonds is 7. The van der Waals surface area contributed by atoms with Crippen LogP contribution in [0.4, 0.5) is 15.8 Å². The Balaban J connectivity index is 1.89. The van der Waals surface area contributed by atoms with E-state index in [0.29, 0.717) is 18.4 Å². The lowest BCUT2D eigenvalue weighted by molar-refractivity contribution is -0.385. The van der Waals surface area contributed by atoms with E-state index in [4.69, 9.17) is 0 Å². The minimum atomic E-state index is -3.94. The first-order valence-corrected chi connectivity index (χ1v) is 9.99. The molecule has 0 aromatic heterocycles. The van der Waals surface area contributed by atoms with Gasteiger partial charge in [-0.1, -0.05) is 12.1 Å². The van der Waals surface area contributed by atoms with Crippen LogP contribution in [0.2, 0.25) is 0 Å². The van der Waals surface area contributed by atoms with Gasteiger partial charge in [-0.15, -0.1) is 0 Å². The zero-order valence-electron chi connectivity index (χ0n) is 14.9. The molecule has 0 atom stereocenters. The van der Waals surface area contributed by atoms with Crippen molar-refractivity contribution in [3.8, 4) is 0 Å². The molecular formula is C18H18FN3O5S. The average Bonchev–Trinajstić information content (AvgIpc) is 3.41. The molecular weight excluding hydrogens is 389 g/mol. The number of halogens is 1. The van der Waals surface area contributed by atoms with Crippen molar-refractivity contribution in [2.75, 3.05) is 5.32 Å². The molecule has 1 aliphatic rings. The molecule has 0 radical (unpaired) electrons. The van der Waals surface area contributed by atoms with Gasteiger partial charge in [-0.3, -0.25) is 14.9 Å². The fraction of sp³-hybridized carbons (Fsp3) is 0.278. The Labute approximate surface area is 161 Å². The fourth-order valence-electron chi connectivity index (χ4n) is 2.62. The summed E-state index contributed by atoms with van der Waals surface area (Å²) in [5, 5.41) is 13.9. The van der Waals surface area contributed by atoms with E-state index in [9.17, 15) is 27.7 Å². The van der Waals surface area contributed by atoms with Crippen molar-refractivity contribution in [3.05, 3.63) is 63.5 Å². The lowest BCUT2D eigenvalue weighted by atomic mass is 10.1. The highest BCUT2D eigenvalue weighted by atomic mass is 32.2. The number of hydrogen-bond donors (Lipinski definition) is 2. The van der Waals surface area contributed by atoms with E-state index in [-0.39, 0.29) is 28.6 Å². The Morgan fingerprint density at radius 1 is 1.25 bits per heavy atom. The lowest BCUT2D eigenvalue weighted by Gasteiger charge is -2.12. The molecule has 28 heavy (non-hydrogen) atoms. The summed E-state index contributed by atoms with van der Waals surface area (Å²) in [6.07, 6.45) is 1.34. The maximum absolute atomic E-state index is 13.0. The predicted octanol–water partition coefficient (Wildman–Crippen LogP) is 2.66. The van der Waals surface area contributed by atoms with Crippen molar-refractivity contribution in [1.82, 2.24) is 4.72 Å². The average molecular weight is 407 g/mol. The van der Waals surface area contributed by atoms with E-state index >= 15 is 0 Å². The van der Waals surface area contributed by atoms with E-state index in [2.05, 4.69) is 10.0 Å². The van der Waals surface area contributed by atoms with Crippen LogP contribution in [-0.2, 0) is 21.2 Å². The number of benzene rings is 2. The number of amides is 1. The number of hydrogen-bond acceptors (Lipinski definition) is 5. The van der Waals surface area contributed by atoms with Gasteiger partial charge in [0.2, 0.25) is 15.9 Å². The van der Waals surface area contributed by atoms with Crippen LogP contribution >= 0.6 is 0 Å². The van der Waals surface area contributed by atoms with Gasteiger partial charge in [-0.05, 0) is 43.5 Å². The van der Waals surface area contributed by atoms with Crippen LogP contribution in [0, 0.1) is 22.9 Å². The molecule has 10 heteroatoms. The zero-order chi connectivity index (χ0) is 20.5. The molecule has 0 heterocycles. The van der Waals surface area contributed by atoms with Gasteiger partial charge in [0.1, 0.15) is 5.82 Å². The van der Waals surface area contributed by atoms with Gasteiger partial charge >= 0.3 is 0 Å². The van der Waals surface area contributed by atoms with Crippen LogP contribution in [0.3, 0.4) is 0 Å². The molecule has 0 saturated heterocycles. The largest absolute Gasteiger partial charge is 0.325 e. The molecule has 0 spiro atoms. The summed E-state index contributed by atoms with van der Waals surface area (Å²) in [6.45, 7) is 1.43. The van der Waals surface area contributed by atoms with Gasteiger partial charge in [-0.25, -0.2) is 17.5 Å². The maximum Gasteiger partial charge on any atom is 0.275 e. The number of nitro groups is 1. The monoisotopic (exact) mass is 407 g/mol. The molecule has 1 fully saturated rings. The summed E-state index contributed by atoms with van der Waals surface area (Å²) in [7, 11) is -3.94. The summed E-state index contributed by atoms with van der Waals surface area (Å²) < 4.78 is 40.3. The summed E-state index contributed by atoms with van der Waals surface area (Å²) in [5.74, 6) is -0.939. The summed E-state index contributed by atoms with van der Waals surface area (Å²) in [4.78, 5) is 22.7. The molecule has 0 bridgehead atoms. The number of anilines is 1. The summed E-state index contributed by atoms with van der Waals surface area (Å²) in [6, 6.07) is 7.35. The molecule has 2 aromatic rings. The highest BCUT2D eigenvalue weighted by Gasteiger charge is 2.30. The van der Waals surface area contributed by atoms with Gasteiger partial charge in [0.15, 0.2) is 0 Å². The first kappa shape index (κ1) is 19.9. The van der Waals surface area contributed by atoms with Crippen molar-refractivity contribution in [2.45, 2.75) is 37.1 Å². The number of nitrogens with zero attached hydrogens (tertiary/aromatic N) is 1. The van der Waals surface area contributed by atoms with Crippen LogP contribution in [0.1, 0.15) is 24.0 Å². The molecule has 1 aliphatic carbocycles. The fourth-order valence-corrected chi connectivity index (χ4v) is 3.97. The third-order valence-electron chi connectivity index (χ3n) is 4.31. The second-order valence-electron chi connectivity index (χ2n) is 6.62. The van der Waals surface area contributed by atoms with Crippen LogP contribution in [0.15, 0.2) is 41.3 Å². The molecule has 2 N–H and O–H groups in total. The van der Waals surface area contributed by atoms with E-state index < -0.39 is 32.4 Å². The maximum atomic E-state index is 13.0. The third kappa shape index (κ3) is 4.70. The Bertz CT molecular complexity index is 1030. The molecule has 3 rings (SSSR count). The minimum Gasteiger partial charge on any atom is -0.325 e. The lowest BCUT2D eigenvalue weighted by Crippen LogP contribution is -2.26. The molecule has 1 saturated carbocycles. The minimum absolute atomic E-state index is 0.0393. The second kappa shape index (κ2) is 7.64. The van der Waals surface area contributed by atoms with Gasteiger partial charge < -0.3 is 5.32 Å². The zero-order valence-corrected chi connectivity index (χ0v) is 15.8. The summed E-state index contributed by atoms with van der Waals surface area (Å²) >= 11 is 0. The van der Waals surface area contributed by atoms with Crippen LogP contribution in [0.5, 0.6) is 0 Å². The van der Waals surface area contributed by atoms with Crippen molar-refractivity contribution in [1.29, 1.82) is 0 Å².